The zero-order valence-electron chi connectivity index (χ0n) is 10.0. The van der Waals surface area contributed by atoms with Crippen molar-refractivity contribution in [3.8, 4) is 0 Å². The van der Waals surface area contributed by atoms with Gasteiger partial charge in [0.25, 0.3) is 0 Å². The van der Waals surface area contributed by atoms with Crippen molar-refractivity contribution in [1.82, 2.24) is 0 Å². The maximum Gasteiger partial charge on any atom is 0.0831 e. The normalized spacial score (nSPS) is 12.4. The lowest BCUT2D eigenvalue weighted by Crippen LogP contribution is -2.03. The van der Waals surface area contributed by atoms with Gasteiger partial charge in [-0.15, -0.1) is 0 Å². The fraction of sp³-hybridized carbons (Fsp3) is 0.200. The zero-order chi connectivity index (χ0) is 13.1. The molecule has 2 aromatic carbocycles. The minimum atomic E-state index is -0.486. The molecule has 0 aliphatic rings. The number of aryl methyl sites for hydroxylation is 1. The monoisotopic (exact) mass is 368 g/mol. The molecule has 0 radical (unpaired) electrons. The van der Waals surface area contributed by atoms with Crippen molar-refractivity contribution >= 4 is 31.9 Å². The summed E-state index contributed by atoms with van der Waals surface area (Å²) >= 11 is 6.88. The molecule has 0 bridgehead atoms. The topological polar surface area (TPSA) is 20.2 Å². The molecule has 0 saturated carbocycles. The number of halogens is 2. The molecule has 2 rings (SSSR count). The first-order valence-electron chi connectivity index (χ1n) is 5.75. The molecule has 0 saturated heterocycles. The Balaban J connectivity index is 2.22. The summed E-state index contributed by atoms with van der Waals surface area (Å²) in [4.78, 5) is 0. The number of aliphatic hydroxyl groups is 1. The summed E-state index contributed by atoms with van der Waals surface area (Å²) in [7, 11) is 0. The van der Waals surface area contributed by atoms with Gasteiger partial charge in [-0.2, -0.15) is 0 Å². The zero-order valence-corrected chi connectivity index (χ0v) is 13.2. The van der Waals surface area contributed by atoms with E-state index in [9.17, 15) is 5.11 Å². The lowest BCUT2D eigenvalue weighted by atomic mass is 9.98. The largest absolute Gasteiger partial charge is 0.388 e. The van der Waals surface area contributed by atoms with Gasteiger partial charge in [0.05, 0.1) is 6.10 Å². The first-order chi connectivity index (χ1) is 8.56. The third kappa shape index (κ3) is 3.44. The maximum atomic E-state index is 10.3. The summed E-state index contributed by atoms with van der Waals surface area (Å²) in [6.45, 7) is 2.07. The molecule has 1 nitrogen and oxygen atoms in total. The molecule has 1 N–H and O–H groups in total. The molecular weight excluding hydrogens is 356 g/mol. The van der Waals surface area contributed by atoms with Crippen molar-refractivity contribution < 1.29 is 5.11 Å². The van der Waals surface area contributed by atoms with Gasteiger partial charge in [-0.25, -0.2) is 0 Å². The number of aliphatic hydroxyl groups excluding tert-OH is 1. The van der Waals surface area contributed by atoms with Crippen LogP contribution in [0.2, 0.25) is 0 Å². The Labute approximate surface area is 124 Å². The van der Waals surface area contributed by atoms with Crippen molar-refractivity contribution in [3.63, 3.8) is 0 Å². The van der Waals surface area contributed by atoms with Gasteiger partial charge >= 0.3 is 0 Å². The van der Waals surface area contributed by atoms with Gasteiger partial charge in [0.2, 0.25) is 0 Å². The third-order valence-electron chi connectivity index (χ3n) is 2.94. The minimum Gasteiger partial charge on any atom is -0.388 e. The van der Waals surface area contributed by atoms with Crippen molar-refractivity contribution in [2.24, 2.45) is 0 Å². The van der Waals surface area contributed by atoms with Crippen LogP contribution in [0, 0.1) is 6.92 Å². The molecule has 0 aromatic heterocycles. The summed E-state index contributed by atoms with van der Waals surface area (Å²) in [5, 5.41) is 10.3. The highest BCUT2D eigenvalue weighted by Crippen LogP contribution is 2.26. The maximum absolute atomic E-state index is 10.3. The lowest BCUT2D eigenvalue weighted by Gasteiger charge is -2.13. The van der Waals surface area contributed by atoms with Gasteiger partial charge < -0.3 is 5.11 Å². The van der Waals surface area contributed by atoms with E-state index in [0.29, 0.717) is 6.42 Å². The summed E-state index contributed by atoms with van der Waals surface area (Å²) in [5.74, 6) is 0. The second-order valence-electron chi connectivity index (χ2n) is 4.35. The molecule has 2 aromatic rings. The van der Waals surface area contributed by atoms with E-state index in [-0.39, 0.29) is 0 Å². The molecule has 3 heteroatoms. The molecule has 0 amide bonds. The smallest absolute Gasteiger partial charge is 0.0831 e. The highest BCUT2D eigenvalue weighted by atomic mass is 79.9. The summed E-state index contributed by atoms with van der Waals surface area (Å²) in [5.41, 5.74) is 3.31. The first-order valence-corrected chi connectivity index (χ1v) is 7.33. The summed E-state index contributed by atoms with van der Waals surface area (Å²) < 4.78 is 1.94. The van der Waals surface area contributed by atoms with Crippen LogP contribution in [0.5, 0.6) is 0 Å². The van der Waals surface area contributed by atoms with Gasteiger partial charge in [-0.1, -0.05) is 56.1 Å². The Morgan fingerprint density at radius 1 is 1.06 bits per heavy atom. The van der Waals surface area contributed by atoms with Gasteiger partial charge in [-0.05, 0) is 41.8 Å². The molecule has 0 spiro atoms. The average molecular weight is 370 g/mol. The summed E-state index contributed by atoms with van der Waals surface area (Å²) in [6.07, 6.45) is 0.148. The molecule has 0 aliphatic carbocycles. The number of rotatable bonds is 3. The van der Waals surface area contributed by atoms with E-state index in [1.165, 1.54) is 11.1 Å². The van der Waals surface area contributed by atoms with Crippen LogP contribution in [0.15, 0.2) is 51.4 Å². The van der Waals surface area contributed by atoms with Gasteiger partial charge in [0.1, 0.15) is 0 Å². The van der Waals surface area contributed by atoms with Crippen LogP contribution in [0.3, 0.4) is 0 Å². The molecule has 0 heterocycles. The summed E-state index contributed by atoms with van der Waals surface area (Å²) in [6, 6.07) is 14.0. The molecule has 0 aliphatic heterocycles. The highest BCUT2D eigenvalue weighted by Gasteiger charge is 2.11. The second kappa shape index (κ2) is 6.00. The molecular formula is C15H14Br2O. The Hall–Kier alpha value is -0.640. The second-order valence-corrected chi connectivity index (χ2v) is 6.18. The SMILES string of the molecule is Cc1ccccc1CC(O)c1cc(Br)cc(Br)c1. The standard InChI is InChI=1S/C15H14Br2O/c1-10-4-2-3-5-11(10)8-15(18)12-6-13(16)9-14(17)7-12/h2-7,9,15,18H,8H2,1H3. The third-order valence-corrected chi connectivity index (χ3v) is 3.86. The molecule has 0 fully saturated rings. The van der Waals surface area contributed by atoms with Crippen LogP contribution in [-0.2, 0) is 6.42 Å². The van der Waals surface area contributed by atoms with Gasteiger partial charge in [0.15, 0.2) is 0 Å². The van der Waals surface area contributed by atoms with Gasteiger partial charge in [-0.3, -0.25) is 0 Å². The van der Waals surface area contributed by atoms with Crippen LogP contribution in [0.25, 0.3) is 0 Å². The number of benzene rings is 2. The molecule has 1 unspecified atom stereocenters. The molecule has 1 atom stereocenters. The lowest BCUT2D eigenvalue weighted by molar-refractivity contribution is 0.178. The van der Waals surface area contributed by atoms with E-state index in [4.69, 9.17) is 0 Å². The highest BCUT2D eigenvalue weighted by molar-refractivity contribution is 9.11. The fourth-order valence-electron chi connectivity index (χ4n) is 1.93. The van der Waals surface area contributed by atoms with Crippen LogP contribution >= 0.6 is 31.9 Å². The quantitative estimate of drug-likeness (QED) is 0.824. The number of hydrogen-bond acceptors (Lipinski definition) is 1. The Kier molecular flexibility index (Phi) is 4.60. The van der Waals surface area contributed by atoms with Crippen LogP contribution < -0.4 is 0 Å². The van der Waals surface area contributed by atoms with E-state index in [1.807, 2.05) is 30.3 Å². The minimum absolute atomic E-state index is 0.486. The van der Waals surface area contributed by atoms with Crippen molar-refractivity contribution in [2.45, 2.75) is 19.4 Å². The van der Waals surface area contributed by atoms with Crippen LogP contribution in [-0.4, -0.2) is 5.11 Å². The Morgan fingerprint density at radius 3 is 2.28 bits per heavy atom. The molecule has 94 valence electrons. The van der Waals surface area contributed by atoms with E-state index in [2.05, 4.69) is 50.9 Å². The van der Waals surface area contributed by atoms with E-state index in [1.54, 1.807) is 0 Å². The van der Waals surface area contributed by atoms with Crippen molar-refractivity contribution in [3.05, 3.63) is 68.1 Å². The van der Waals surface area contributed by atoms with Crippen LogP contribution in [0.4, 0.5) is 0 Å². The molecule has 18 heavy (non-hydrogen) atoms. The average Bonchev–Trinajstić information content (AvgIpc) is 2.31. The van der Waals surface area contributed by atoms with E-state index in [0.717, 1.165) is 14.5 Å². The van der Waals surface area contributed by atoms with E-state index >= 15 is 0 Å². The van der Waals surface area contributed by atoms with Crippen LogP contribution in [0.1, 0.15) is 22.8 Å². The Bertz CT molecular complexity index is 532. The predicted octanol–water partition coefficient (Wildman–Crippen LogP) is 4.80. The number of hydrogen-bond donors (Lipinski definition) is 1. The predicted molar refractivity (Wildman–Crippen MR) is 81.7 cm³/mol. The van der Waals surface area contributed by atoms with Crippen molar-refractivity contribution in [2.75, 3.05) is 0 Å². The fourth-order valence-corrected chi connectivity index (χ4v) is 3.26. The van der Waals surface area contributed by atoms with E-state index < -0.39 is 6.10 Å². The first kappa shape index (κ1) is 13.8. The Morgan fingerprint density at radius 2 is 1.67 bits per heavy atom. The van der Waals surface area contributed by atoms with Crippen molar-refractivity contribution in [1.29, 1.82) is 0 Å². The van der Waals surface area contributed by atoms with Gasteiger partial charge in [0, 0.05) is 15.4 Å².